The summed E-state index contributed by atoms with van der Waals surface area (Å²) in [6.45, 7) is 1.76. The highest BCUT2D eigenvalue weighted by molar-refractivity contribution is 6.30. The quantitative estimate of drug-likeness (QED) is 0.406. The Balaban J connectivity index is 0.00000256. The van der Waals surface area contributed by atoms with E-state index < -0.39 is 0 Å². The Hall–Kier alpha value is -1.89. The van der Waals surface area contributed by atoms with Crippen molar-refractivity contribution < 1.29 is 26.3 Å². The van der Waals surface area contributed by atoms with Crippen molar-refractivity contribution in [2.75, 3.05) is 5.32 Å². The Morgan fingerprint density at radius 3 is 2.37 bits per heavy atom. The fourth-order valence-electron chi connectivity index (χ4n) is 3.66. The number of anilines is 1. The van der Waals surface area contributed by atoms with Gasteiger partial charge in [-0.15, -0.1) is 4.68 Å². The van der Waals surface area contributed by atoms with Crippen LogP contribution in [0.3, 0.4) is 0 Å². The first kappa shape index (κ1) is 22.8. The number of benzene rings is 2. The van der Waals surface area contributed by atoms with Gasteiger partial charge in [-0.2, -0.15) is 0 Å². The fraction of sp³-hybridized carbons (Fsp3) is 0.318. The van der Waals surface area contributed by atoms with Gasteiger partial charge in [-0.3, -0.25) is 4.79 Å². The van der Waals surface area contributed by atoms with Gasteiger partial charge in [0.05, 0.1) is 6.54 Å². The average molecular weight is 510 g/mol. The second-order valence-corrected chi connectivity index (χ2v) is 8.12. The Morgan fingerprint density at radius 1 is 1.00 bits per heavy atom. The summed E-state index contributed by atoms with van der Waals surface area (Å²) in [6.07, 6.45) is 4.37. The van der Waals surface area contributed by atoms with Crippen molar-refractivity contribution in [1.29, 1.82) is 0 Å². The van der Waals surface area contributed by atoms with Crippen molar-refractivity contribution in [3.63, 3.8) is 0 Å². The van der Waals surface area contributed by atoms with Crippen molar-refractivity contribution in [1.82, 2.24) is 9.78 Å². The zero-order valence-electron chi connectivity index (χ0n) is 16.5. The third kappa shape index (κ3) is 5.42. The van der Waals surface area contributed by atoms with E-state index in [4.69, 9.17) is 28.3 Å². The highest BCUT2D eigenvalue weighted by atomic mass is 79.9. The highest BCUT2D eigenvalue weighted by Gasteiger charge is 2.28. The summed E-state index contributed by atoms with van der Waals surface area (Å²) >= 11 is 11.9. The second kappa shape index (κ2) is 10.4. The van der Waals surface area contributed by atoms with Crippen LogP contribution >= 0.6 is 23.2 Å². The molecule has 1 N–H and O–H groups in total. The van der Waals surface area contributed by atoms with Crippen LogP contribution in [0.4, 0.5) is 5.69 Å². The lowest BCUT2D eigenvalue weighted by molar-refractivity contribution is -0.710. The molecule has 8 heteroatoms. The maximum atomic E-state index is 12.8. The molecule has 0 unspecified atom stereocenters. The van der Waals surface area contributed by atoms with E-state index in [0.717, 1.165) is 43.1 Å². The van der Waals surface area contributed by atoms with Crippen molar-refractivity contribution in [2.45, 2.75) is 45.3 Å². The van der Waals surface area contributed by atoms with Gasteiger partial charge in [0.1, 0.15) is 6.54 Å². The van der Waals surface area contributed by atoms with E-state index >= 15 is 0 Å². The number of hydrogen-bond donors (Lipinski definition) is 1. The van der Waals surface area contributed by atoms with Gasteiger partial charge in [0.2, 0.25) is 5.82 Å². The maximum Gasteiger partial charge on any atom is 0.296 e. The molecule has 5 nitrogen and oxygen atoms in total. The van der Waals surface area contributed by atoms with Crippen molar-refractivity contribution in [2.24, 2.45) is 0 Å². The standard InChI is InChI=1S/C22H23Cl2N4O.BrH/c23-17-7-5-16(6-8-17)20(29)15-28-22-4-2-1-3-13-27(22)21(26-28)14-25-19-11-9-18(24)10-12-19;/h5-12,25H,1-4,13-15H2;1H/q+1;/p-1. The normalized spacial score (nSPS) is 13.1. The number of nitrogens with one attached hydrogen (secondary N) is 1. The van der Waals surface area contributed by atoms with Crippen LogP contribution in [0.25, 0.3) is 0 Å². The molecule has 0 saturated heterocycles. The molecule has 0 spiro atoms. The predicted molar refractivity (Wildman–Crippen MR) is 115 cm³/mol. The highest BCUT2D eigenvalue weighted by Crippen LogP contribution is 2.16. The molecule has 0 saturated carbocycles. The zero-order valence-corrected chi connectivity index (χ0v) is 19.6. The fourth-order valence-corrected chi connectivity index (χ4v) is 3.91. The molecule has 30 heavy (non-hydrogen) atoms. The average Bonchev–Trinajstić information content (AvgIpc) is 2.89. The molecule has 1 aliphatic rings. The van der Waals surface area contributed by atoms with Crippen LogP contribution in [0.1, 0.15) is 41.3 Å². The Bertz CT molecular complexity index is 1000. The van der Waals surface area contributed by atoms with Gasteiger partial charge in [0.15, 0.2) is 12.3 Å². The van der Waals surface area contributed by atoms with Crippen LogP contribution in [-0.4, -0.2) is 15.6 Å². The second-order valence-electron chi connectivity index (χ2n) is 7.24. The molecule has 0 amide bonds. The summed E-state index contributed by atoms with van der Waals surface area (Å²) < 4.78 is 4.15. The number of fused-ring (bicyclic) bond motifs is 1. The maximum absolute atomic E-state index is 12.8. The van der Waals surface area contributed by atoms with Gasteiger partial charge in [-0.25, -0.2) is 4.57 Å². The van der Waals surface area contributed by atoms with Gasteiger partial charge in [-0.05, 0) is 67.8 Å². The van der Waals surface area contributed by atoms with Crippen LogP contribution in [-0.2, 0) is 26.1 Å². The number of carbonyl (C=O) groups is 1. The molecular weight excluding hydrogens is 487 g/mol. The summed E-state index contributed by atoms with van der Waals surface area (Å²) in [5.41, 5.74) is 1.64. The number of hydrogen-bond acceptors (Lipinski definition) is 3. The van der Waals surface area contributed by atoms with E-state index in [1.54, 1.807) is 24.3 Å². The number of nitrogens with zero attached hydrogens (tertiary/aromatic N) is 3. The summed E-state index contributed by atoms with van der Waals surface area (Å²) in [4.78, 5) is 12.8. The molecule has 2 heterocycles. The van der Waals surface area contributed by atoms with Crippen LogP contribution < -0.4 is 26.9 Å². The van der Waals surface area contributed by atoms with E-state index in [2.05, 4.69) is 9.88 Å². The number of Topliss-reactive ketones (excluding diaryl/α,β-unsaturated/α-hetero) is 1. The molecule has 0 fully saturated rings. The lowest BCUT2D eigenvalue weighted by Gasteiger charge is -2.04. The van der Waals surface area contributed by atoms with Gasteiger partial charge >= 0.3 is 0 Å². The molecule has 158 valence electrons. The molecule has 1 aromatic heterocycles. The summed E-state index contributed by atoms with van der Waals surface area (Å²) in [5, 5.41) is 9.54. The number of rotatable bonds is 6. The molecule has 0 radical (unpaired) electrons. The number of aromatic nitrogens is 3. The number of carbonyl (C=O) groups excluding carboxylic acids is 1. The van der Waals surface area contributed by atoms with Crippen molar-refractivity contribution in [3.05, 3.63) is 75.8 Å². The van der Waals surface area contributed by atoms with E-state index in [1.807, 2.05) is 28.9 Å². The van der Waals surface area contributed by atoms with E-state index in [-0.39, 0.29) is 29.3 Å². The van der Waals surface area contributed by atoms with E-state index in [9.17, 15) is 4.79 Å². The monoisotopic (exact) mass is 508 g/mol. The third-order valence-corrected chi connectivity index (χ3v) is 5.70. The Morgan fingerprint density at radius 2 is 1.67 bits per heavy atom. The smallest absolute Gasteiger partial charge is 0.296 e. The first-order valence-electron chi connectivity index (χ1n) is 9.87. The Kier molecular flexibility index (Phi) is 7.92. The molecule has 2 aromatic carbocycles. The topological polar surface area (TPSA) is 50.8 Å². The van der Waals surface area contributed by atoms with Gasteiger partial charge in [0.25, 0.3) is 5.82 Å². The van der Waals surface area contributed by atoms with Crippen molar-refractivity contribution in [3.8, 4) is 0 Å². The SMILES string of the molecule is O=C(Cn1nc(CNc2ccc(Cl)cc2)[n+]2c1CCCCC2)c1ccc(Cl)cc1.[Br-]. The van der Waals surface area contributed by atoms with Crippen LogP contribution in [0.2, 0.25) is 10.0 Å². The predicted octanol–water partition coefficient (Wildman–Crippen LogP) is 1.70. The number of ketones is 1. The molecule has 0 bridgehead atoms. The van der Waals surface area contributed by atoms with Crippen LogP contribution in [0, 0.1) is 0 Å². The lowest BCUT2D eigenvalue weighted by atomic mass is 10.1. The van der Waals surface area contributed by atoms with E-state index in [1.165, 1.54) is 6.42 Å². The molecule has 4 rings (SSSR count). The minimum absolute atomic E-state index is 0. The number of halogens is 3. The molecule has 0 atom stereocenters. The largest absolute Gasteiger partial charge is 1.00 e. The summed E-state index contributed by atoms with van der Waals surface area (Å²) in [7, 11) is 0. The minimum atomic E-state index is 0. The first-order chi connectivity index (χ1) is 14.1. The first-order valence-corrected chi connectivity index (χ1v) is 10.6. The van der Waals surface area contributed by atoms with Crippen LogP contribution in [0.5, 0.6) is 0 Å². The molecular formula is C22H23BrCl2N4O. The van der Waals surface area contributed by atoms with Crippen LogP contribution in [0.15, 0.2) is 48.5 Å². The van der Waals surface area contributed by atoms with Gasteiger partial charge in [0, 0.05) is 32.8 Å². The molecule has 1 aliphatic heterocycles. The van der Waals surface area contributed by atoms with Crippen molar-refractivity contribution >= 4 is 34.7 Å². The van der Waals surface area contributed by atoms with E-state index in [0.29, 0.717) is 22.2 Å². The lowest BCUT2D eigenvalue weighted by Crippen LogP contribution is -3.00. The molecule has 0 aliphatic carbocycles. The van der Waals surface area contributed by atoms with Gasteiger partial charge < -0.3 is 22.3 Å². The minimum Gasteiger partial charge on any atom is -1.00 e. The summed E-state index contributed by atoms with van der Waals surface area (Å²) in [6, 6.07) is 14.6. The summed E-state index contributed by atoms with van der Waals surface area (Å²) in [5.74, 6) is 2.10. The van der Waals surface area contributed by atoms with Gasteiger partial charge in [-0.1, -0.05) is 23.2 Å². The zero-order chi connectivity index (χ0) is 20.2. The molecule has 3 aromatic rings. The third-order valence-electron chi connectivity index (χ3n) is 5.19. The Labute approximate surface area is 196 Å².